The maximum Gasteiger partial charge on any atom is 0.0677 e. The Hall–Kier alpha value is -1.24. The number of nitrogens with one attached hydrogen (secondary N) is 1. The second-order valence-electron chi connectivity index (χ2n) is 4.59. The molecule has 0 spiro atoms. The molecule has 2 aromatic rings. The summed E-state index contributed by atoms with van der Waals surface area (Å²) in [5.41, 5.74) is 3.52. The van der Waals surface area contributed by atoms with E-state index in [9.17, 15) is 0 Å². The van der Waals surface area contributed by atoms with Crippen molar-refractivity contribution in [2.75, 3.05) is 20.3 Å². The number of ether oxygens (including phenoxy) is 1. The molecule has 0 radical (unpaired) electrons. The predicted molar refractivity (Wildman–Crippen MR) is 81.6 cm³/mol. The first-order chi connectivity index (χ1) is 9.70. The minimum absolute atomic E-state index is 0.719. The van der Waals surface area contributed by atoms with Crippen LogP contribution >= 0.6 is 15.9 Å². The highest BCUT2D eigenvalue weighted by Crippen LogP contribution is 2.13. The molecule has 0 amide bonds. The lowest BCUT2D eigenvalue weighted by Gasteiger charge is -2.07. The predicted octanol–water partition coefficient (Wildman–Crippen LogP) is 2.13. The second-order valence-corrected chi connectivity index (χ2v) is 5.51. The monoisotopic (exact) mass is 338 g/mol. The molecule has 2 heterocycles. The van der Waals surface area contributed by atoms with Crippen LogP contribution in [0.15, 0.2) is 29.1 Å². The highest BCUT2D eigenvalue weighted by atomic mass is 79.9. The van der Waals surface area contributed by atoms with Gasteiger partial charge in [0.2, 0.25) is 0 Å². The standard InChI is InChI=1S/C14H19BrN4O/c1-11-13(7-16-3-4-20-2)8-18-19(11)10-12-5-14(15)9-17-6-12/h5-6,8-9,16H,3-4,7,10H2,1-2H3. The number of nitrogens with zero attached hydrogens (tertiary/aromatic N) is 3. The molecule has 108 valence electrons. The first kappa shape index (κ1) is 15.2. The summed E-state index contributed by atoms with van der Waals surface area (Å²) in [5.74, 6) is 0. The van der Waals surface area contributed by atoms with Crippen molar-refractivity contribution in [1.82, 2.24) is 20.1 Å². The maximum absolute atomic E-state index is 5.01. The van der Waals surface area contributed by atoms with Crippen LogP contribution in [0.5, 0.6) is 0 Å². The zero-order valence-corrected chi connectivity index (χ0v) is 13.4. The van der Waals surface area contributed by atoms with Crippen LogP contribution in [-0.2, 0) is 17.8 Å². The zero-order chi connectivity index (χ0) is 14.4. The van der Waals surface area contributed by atoms with Gasteiger partial charge in [-0.05, 0) is 34.5 Å². The van der Waals surface area contributed by atoms with Crippen LogP contribution in [0.1, 0.15) is 16.8 Å². The number of hydrogen-bond donors (Lipinski definition) is 1. The summed E-state index contributed by atoms with van der Waals surface area (Å²) < 4.78 is 7.99. The van der Waals surface area contributed by atoms with Crippen molar-refractivity contribution in [3.05, 3.63) is 46.0 Å². The first-order valence-corrected chi connectivity index (χ1v) is 7.30. The van der Waals surface area contributed by atoms with E-state index >= 15 is 0 Å². The molecule has 0 bridgehead atoms. The van der Waals surface area contributed by atoms with Gasteiger partial charge < -0.3 is 10.1 Å². The van der Waals surface area contributed by atoms with Crippen molar-refractivity contribution in [2.24, 2.45) is 0 Å². The first-order valence-electron chi connectivity index (χ1n) is 6.51. The molecule has 0 aliphatic heterocycles. The Morgan fingerprint density at radius 2 is 2.20 bits per heavy atom. The third-order valence-electron chi connectivity index (χ3n) is 3.10. The summed E-state index contributed by atoms with van der Waals surface area (Å²) in [6.45, 7) is 5.20. The number of aromatic nitrogens is 3. The zero-order valence-electron chi connectivity index (χ0n) is 11.8. The van der Waals surface area contributed by atoms with Gasteiger partial charge >= 0.3 is 0 Å². The number of methoxy groups -OCH3 is 1. The van der Waals surface area contributed by atoms with E-state index < -0.39 is 0 Å². The molecule has 0 aliphatic rings. The van der Waals surface area contributed by atoms with Gasteiger partial charge in [0.25, 0.3) is 0 Å². The van der Waals surface area contributed by atoms with Crippen molar-refractivity contribution in [3.63, 3.8) is 0 Å². The number of rotatable bonds is 7. The lowest BCUT2D eigenvalue weighted by molar-refractivity contribution is 0.199. The Balaban J connectivity index is 1.98. The normalized spacial score (nSPS) is 10.9. The Morgan fingerprint density at radius 3 is 2.95 bits per heavy atom. The Kier molecular flexibility index (Phi) is 5.70. The van der Waals surface area contributed by atoms with Gasteiger partial charge in [0.1, 0.15) is 0 Å². The second kappa shape index (κ2) is 7.52. The number of hydrogen-bond acceptors (Lipinski definition) is 4. The Morgan fingerprint density at radius 1 is 1.35 bits per heavy atom. The van der Waals surface area contributed by atoms with E-state index in [-0.39, 0.29) is 0 Å². The minimum atomic E-state index is 0.719. The molecule has 1 N–H and O–H groups in total. The molecule has 20 heavy (non-hydrogen) atoms. The third-order valence-corrected chi connectivity index (χ3v) is 3.53. The average Bonchev–Trinajstić information content (AvgIpc) is 2.76. The molecule has 6 heteroatoms. The fourth-order valence-corrected chi connectivity index (χ4v) is 2.34. The van der Waals surface area contributed by atoms with E-state index in [1.165, 1.54) is 11.3 Å². The molecule has 5 nitrogen and oxygen atoms in total. The number of pyridine rings is 1. The molecule has 0 saturated carbocycles. The van der Waals surface area contributed by atoms with Crippen molar-refractivity contribution >= 4 is 15.9 Å². The molecule has 0 fully saturated rings. The van der Waals surface area contributed by atoms with Gasteiger partial charge in [-0.15, -0.1) is 0 Å². The summed E-state index contributed by atoms with van der Waals surface area (Å²) in [5, 5.41) is 7.77. The molecule has 2 aromatic heterocycles. The highest BCUT2D eigenvalue weighted by molar-refractivity contribution is 9.10. The fraction of sp³-hybridized carbons (Fsp3) is 0.429. The molecule has 0 aromatic carbocycles. The van der Waals surface area contributed by atoms with Crippen molar-refractivity contribution < 1.29 is 4.74 Å². The Labute approximate surface area is 127 Å². The highest BCUT2D eigenvalue weighted by Gasteiger charge is 2.07. The summed E-state index contributed by atoms with van der Waals surface area (Å²) in [6, 6.07) is 2.06. The van der Waals surface area contributed by atoms with E-state index in [1.807, 2.05) is 17.1 Å². The van der Waals surface area contributed by atoms with Gasteiger partial charge in [0, 0.05) is 48.3 Å². The van der Waals surface area contributed by atoms with E-state index in [2.05, 4.69) is 44.3 Å². The summed E-state index contributed by atoms with van der Waals surface area (Å²) in [4.78, 5) is 4.17. The topological polar surface area (TPSA) is 52.0 Å². The summed E-state index contributed by atoms with van der Waals surface area (Å²) >= 11 is 3.43. The van der Waals surface area contributed by atoms with E-state index in [4.69, 9.17) is 4.74 Å². The molecule has 0 atom stereocenters. The summed E-state index contributed by atoms with van der Waals surface area (Å²) in [6.07, 6.45) is 5.56. The lowest BCUT2D eigenvalue weighted by atomic mass is 10.2. The van der Waals surface area contributed by atoms with Crippen molar-refractivity contribution in [3.8, 4) is 0 Å². The van der Waals surface area contributed by atoms with Crippen LogP contribution in [0, 0.1) is 6.92 Å². The number of halogens is 1. The molecule has 0 unspecified atom stereocenters. The Bertz CT molecular complexity index is 556. The van der Waals surface area contributed by atoms with Gasteiger partial charge in [0.05, 0.1) is 19.3 Å². The van der Waals surface area contributed by atoms with E-state index in [0.717, 1.165) is 36.3 Å². The van der Waals surface area contributed by atoms with E-state index in [1.54, 1.807) is 13.3 Å². The van der Waals surface area contributed by atoms with Crippen LogP contribution in [-0.4, -0.2) is 35.0 Å². The fourth-order valence-electron chi connectivity index (χ4n) is 1.93. The molecular weight excluding hydrogens is 320 g/mol. The van der Waals surface area contributed by atoms with Gasteiger partial charge in [-0.3, -0.25) is 9.67 Å². The molecule has 0 saturated heterocycles. The molecule has 2 rings (SSSR count). The largest absolute Gasteiger partial charge is 0.383 e. The van der Waals surface area contributed by atoms with Crippen LogP contribution in [0.25, 0.3) is 0 Å². The van der Waals surface area contributed by atoms with Gasteiger partial charge in [0.15, 0.2) is 0 Å². The van der Waals surface area contributed by atoms with Crippen LogP contribution in [0.4, 0.5) is 0 Å². The smallest absolute Gasteiger partial charge is 0.0677 e. The van der Waals surface area contributed by atoms with Crippen LogP contribution in [0.2, 0.25) is 0 Å². The van der Waals surface area contributed by atoms with Crippen molar-refractivity contribution in [1.29, 1.82) is 0 Å². The van der Waals surface area contributed by atoms with Gasteiger partial charge in [-0.2, -0.15) is 5.10 Å². The van der Waals surface area contributed by atoms with Crippen LogP contribution < -0.4 is 5.32 Å². The van der Waals surface area contributed by atoms with Crippen LogP contribution in [0.3, 0.4) is 0 Å². The summed E-state index contributed by atoms with van der Waals surface area (Å²) in [7, 11) is 1.71. The third kappa shape index (κ3) is 4.13. The van der Waals surface area contributed by atoms with Gasteiger partial charge in [-0.1, -0.05) is 0 Å². The van der Waals surface area contributed by atoms with Crippen molar-refractivity contribution in [2.45, 2.75) is 20.0 Å². The lowest BCUT2D eigenvalue weighted by Crippen LogP contribution is -2.18. The van der Waals surface area contributed by atoms with E-state index in [0.29, 0.717) is 0 Å². The molecular formula is C14H19BrN4O. The van der Waals surface area contributed by atoms with Gasteiger partial charge in [-0.25, -0.2) is 0 Å². The minimum Gasteiger partial charge on any atom is -0.383 e. The molecule has 0 aliphatic carbocycles. The average molecular weight is 339 g/mol. The maximum atomic E-state index is 5.01. The quantitative estimate of drug-likeness (QED) is 0.786. The SMILES string of the molecule is COCCNCc1cnn(Cc2cncc(Br)c2)c1C.